The number of rotatable bonds is 3. The van der Waals surface area contributed by atoms with Crippen LogP contribution in [0.5, 0.6) is 0 Å². The van der Waals surface area contributed by atoms with E-state index in [9.17, 15) is 14.4 Å². The highest BCUT2D eigenvalue weighted by Crippen LogP contribution is 2.17. The number of amides is 3. The Morgan fingerprint density at radius 2 is 1.82 bits per heavy atom. The number of nitrogens with one attached hydrogen (secondary N) is 1. The number of esters is 1. The fourth-order valence-corrected chi connectivity index (χ4v) is 2.89. The zero-order chi connectivity index (χ0) is 20.1. The molecule has 0 spiro atoms. The summed E-state index contributed by atoms with van der Waals surface area (Å²) in [5.74, 6) is -0.998. The average molecular weight is 388 g/mol. The van der Waals surface area contributed by atoms with Gasteiger partial charge in [0.1, 0.15) is 0 Å². The van der Waals surface area contributed by atoms with Gasteiger partial charge in [-0.25, -0.2) is 14.2 Å². The predicted molar refractivity (Wildman–Crippen MR) is 97.6 cm³/mol. The van der Waals surface area contributed by atoms with Crippen LogP contribution in [0.25, 0.3) is 0 Å². The number of benzene rings is 1. The van der Waals surface area contributed by atoms with Crippen molar-refractivity contribution in [1.82, 2.24) is 20.1 Å². The van der Waals surface area contributed by atoms with Gasteiger partial charge in [0.05, 0.1) is 18.4 Å². The van der Waals surface area contributed by atoms with Gasteiger partial charge in [-0.2, -0.15) is 0 Å². The number of hydrogen-bond acceptors (Lipinski definition) is 8. The van der Waals surface area contributed by atoms with E-state index in [0.29, 0.717) is 38.3 Å². The van der Waals surface area contributed by atoms with Gasteiger partial charge in [0.15, 0.2) is 0 Å². The molecular formula is C17H20N6O5. The number of urea groups is 1. The molecule has 11 nitrogen and oxygen atoms in total. The first kappa shape index (κ1) is 19.1. The summed E-state index contributed by atoms with van der Waals surface area (Å²) in [7, 11) is 1.28. The zero-order valence-corrected chi connectivity index (χ0v) is 15.3. The number of nitrogen functional groups attached to an aromatic ring is 1. The molecule has 3 amide bonds. The van der Waals surface area contributed by atoms with Gasteiger partial charge in [0.25, 0.3) is 5.91 Å². The summed E-state index contributed by atoms with van der Waals surface area (Å²) in [6.07, 6.45) is 0.572. The van der Waals surface area contributed by atoms with Crippen molar-refractivity contribution in [3.8, 4) is 0 Å². The number of hydrogen-bond donors (Lipinski definition) is 2. The highest BCUT2D eigenvalue weighted by Gasteiger charge is 2.27. The lowest BCUT2D eigenvalue weighted by molar-refractivity contribution is 0.0601. The third-order valence-corrected chi connectivity index (χ3v) is 4.36. The molecule has 0 radical (unpaired) electrons. The van der Waals surface area contributed by atoms with Crippen LogP contribution in [-0.4, -0.2) is 71.3 Å². The molecule has 3 rings (SSSR count). The predicted octanol–water partition coefficient (Wildman–Crippen LogP) is 0.818. The van der Waals surface area contributed by atoms with Crippen LogP contribution in [0.15, 0.2) is 28.9 Å². The number of para-hydroxylation sites is 1. The molecule has 1 aliphatic heterocycles. The van der Waals surface area contributed by atoms with Gasteiger partial charge >= 0.3 is 12.0 Å². The summed E-state index contributed by atoms with van der Waals surface area (Å²) < 4.78 is 9.20. The Balaban J connectivity index is 1.65. The summed E-state index contributed by atoms with van der Waals surface area (Å²) in [6, 6.07) is 6.22. The molecule has 28 heavy (non-hydrogen) atoms. The minimum Gasteiger partial charge on any atom is -0.465 e. The molecule has 1 aliphatic rings. The second-order valence-corrected chi connectivity index (χ2v) is 6.10. The molecular weight excluding hydrogens is 368 g/mol. The molecule has 11 heteroatoms. The Labute approximate surface area is 160 Å². The minimum atomic E-state index is -0.539. The maximum Gasteiger partial charge on any atom is 0.339 e. The van der Waals surface area contributed by atoms with E-state index < -0.39 is 11.9 Å². The number of anilines is 2. The van der Waals surface area contributed by atoms with Crippen LogP contribution in [0.4, 0.5) is 16.3 Å². The molecule has 0 bridgehead atoms. The van der Waals surface area contributed by atoms with E-state index in [1.165, 1.54) is 7.11 Å². The second-order valence-electron chi connectivity index (χ2n) is 6.10. The summed E-state index contributed by atoms with van der Waals surface area (Å²) >= 11 is 0. The maximum atomic E-state index is 12.6. The van der Waals surface area contributed by atoms with Gasteiger partial charge < -0.3 is 25.6 Å². The maximum absolute atomic E-state index is 12.6. The standard InChI is InChI=1S/C17H20N6O5/c1-27-16(25)11-5-2-3-6-12(11)19-17(26)23-8-4-7-22(9-10-23)15(24)13-14(18)21-28-20-13/h2-3,5-6H,4,7-10H2,1H3,(H2,18,21)(H,19,26). The number of nitrogens with two attached hydrogens (primary N) is 1. The lowest BCUT2D eigenvalue weighted by Crippen LogP contribution is -2.39. The molecule has 1 saturated heterocycles. The molecule has 0 atom stereocenters. The van der Waals surface area contributed by atoms with Crippen LogP contribution >= 0.6 is 0 Å². The summed E-state index contributed by atoms with van der Waals surface area (Å²) in [5.41, 5.74) is 6.16. The Morgan fingerprint density at radius 3 is 2.54 bits per heavy atom. The fourth-order valence-electron chi connectivity index (χ4n) is 2.89. The van der Waals surface area contributed by atoms with Crippen LogP contribution < -0.4 is 11.1 Å². The van der Waals surface area contributed by atoms with Gasteiger partial charge in [-0.05, 0) is 28.9 Å². The molecule has 2 aromatic rings. The SMILES string of the molecule is COC(=O)c1ccccc1NC(=O)N1CCCN(C(=O)c2nonc2N)CC1. The molecule has 148 valence electrons. The van der Waals surface area contributed by atoms with Gasteiger partial charge in [-0.15, -0.1) is 0 Å². The average Bonchev–Trinajstić information content (AvgIpc) is 2.98. The Hall–Kier alpha value is -3.63. The van der Waals surface area contributed by atoms with E-state index in [0.717, 1.165) is 0 Å². The van der Waals surface area contributed by atoms with Crippen LogP contribution in [-0.2, 0) is 4.74 Å². The largest absolute Gasteiger partial charge is 0.465 e. The first-order valence-electron chi connectivity index (χ1n) is 8.62. The number of aromatic nitrogens is 2. The second kappa shape index (κ2) is 8.37. The number of methoxy groups -OCH3 is 1. The van der Waals surface area contributed by atoms with Gasteiger partial charge in [0, 0.05) is 26.2 Å². The molecule has 1 aromatic carbocycles. The zero-order valence-electron chi connectivity index (χ0n) is 15.3. The smallest absolute Gasteiger partial charge is 0.339 e. The molecule has 1 aromatic heterocycles. The number of carbonyl (C=O) groups is 3. The van der Waals surface area contributed by atoms with Gasteiger partial charge in [0.2, 0.25) is 11.5 Å². The van der Waals surface area contributed by atoms with E-state index in [-0.39, 0.29) is 23.1 Å². The van der Waals surface area contributed by atoms with Gasteiger partial charge in [-0.3, -0.25) is 4.79 Å². The molecule has 3 N–H and O–H groups in total. The quantitative estimate of drug-likeness (QED) is 0.735. The minimum absolute atomic E-state index is 0.0371. The Kier molecular flexibility index (Phi) is 5.72. The van der Waals surface area contributed by atoms with Crippen molar-refractivity contribution in [3.63, 3.8) is 0 Å². The first-order chi connectivity index (χ1) is 13.5. The summed E-state index contributed by atoms with van der Waals surface area (Å²) in [4.78, 5) is 40.1. The van der Waals surface area contributed by atoms with Crippen molar-refractivity contribution >= 4 is 29.4 Å². The molecule has 1 fully saturated rings. The van der Waals surface area contributed by atoms with Gasteiger partial charge in [-0.1, -0.05) is 12.1 Å². The summed E-state index contributed by atoms with van der Waals surface area (Å²) in [6.45, 7) is 1.50. The van der Waals surface area contributed by atoms with E-state index in [2.05, 4.69) is 20.3 Å². The van der Waals surface area contributed by atoms with Crippen LogP contribution in [0, 0.1) is 0 Å². The van der Waals surface area contributed by atoms with Crippen LogP contribution in [0.3, 0.4) is 0 Å². The van der Waals surface area contributed by atoms with Crippen molar-refractivity contribution in [2.24, 2.45) is 0 Å². The molecule has 2 heterocycles. The number of carbonyl (C=O) groups excluding carboxylic acids is 3. The van der Waals surface area contributed by atoms with Crippen molar-refractivity contribution < 1.29 is 23.7 Å². The Morgan fingerprint density at radius 1 is 1.11 bits per heavy atom. The lowest BCUT2D eigenvalue weighted by Gasteiger charge is -2.22. The van der Waals surface area contributed by atoms with Crippen molar-refractivity contribution in [3.05, 3.63) is 35.5 Å². The molecule has 0 aliphatic carbocycles. The third-order valence-electron chi connectivity index (χ3n) is 4.36. The van der Waals surface area contributed by atoms with Crippen LogP contribution in [0.2, 0.25) is 0 Å². The van der Waals surface area contributed by atoms with Crippen molar-refractivity contribution in [2.75, 3.05) is 44.3 Å². The molecule has 0 unspecified atom stereocenters. The lowest BCUT2D eigenvalue weighted by atomic mass is 10.2. The summed E-state index contributed by atoms with van der Waals surface area (Å²) in [5, 5.41) is 9.66. The highest BCUT2D eigenvalue weighted by molar-refractivity contribution is 6.01. The van der Waals surface area contributed by atoms with Crippen molar-refractivity contribution in [2.45, 2.75) is 6.42 Å². The van der Waals surface area contributed by atoms with Crippen LogP contribution in [0.1, 0.15) is 27.3 Å². The van der Waals surface area contributed by atoms with Crippen molar-refractivity contribution in [1.29, 1.82) is 0 Å². The van der Waals surface area contributed by atoms with E-state index in [4.69, 9.17) is 10.5 Å². The number of nitrogens with zero attached hydrogens (tertiary/aromatic N) is 4. The van der Waals surface area contributed by atoms with E-state index >= 15 is 0 Å². The van der Waals surface area contributed by atoms with E-state index in [1.807, 2.05) is 0 Å². The first-order valence-corrected chi connectivity index (χ1v) is 8.62. The fraction of sp³-hybridized carbons (Fsp3) is 0.353. The Bertz CT molecular complexity index is 882. The third kappa shape index (κ3) is 4.03. The molecule has 0 saturated carbocycles. The highest BCUT2D eigenvalue weighted by atomic mass is 16.6. The normalized spacial score (nSPS) is 14.3. The monoisotopic (exact) mass is 388 g/mol. The van der Waals surface area contributed by atoms with E-state index in [1.54, 1.807) is 34.1 Å². The topological polar surface area (TPSA) is 144 Å². The number of ether oxygens (including phenoxy) is 1.